The fourth-order valence-electron chi connectivity index (χ4n) is 3.33. The number of aromatic nitrogens is 1. The molecule has 4 heteroatoms. The zero-order valence-electron chi connectivity index (χ0n) is 14.8. The van der Waals surface area contributed by atoms with Gasteiger partial charge in [-0.25, -0.2) is 4.98 Å². The summed E-state index contributed by atoms with van der Waals surface area (Å²) < 4.78 is 5.40. The zero-order valence-corrected chi connectivity index (χ0v) is 14.8. The third-order valence-corrected chi connectivity index (χ3v) is 4.60. The second-order valence-electron chi connectivity index (χ2n) is 6.44. The van der Waals surface area contributed by atoms with E-state index in [1.165, 1.54) is 36.0 Å². The lowest BCUT2D eigenvalue weighted by Crippen LogP contribution is -2.32. The molecule has 1 N–H and O–H groups in total. The van der Waals surface area contributed by atoms with Crippen LogP contribution in [0.4, 0.5) is 5.82 Å². The Kier molecular flexibility index (Phi) is 6.44. The normalized spacial score (nSPS) is 15.1. The maximum atomic E-state index is 5.40. The Balaban J connectivity index is 1.73. The molecule has 1 saturated heterocycles. The summed E-state index contributed by atoms with van der Waals surface area (Å²) in [5.74, 6) is 1.17. The van der Waals surface area contributed by atoms with Crippen LogP contribution < -0.4 is 10.2 Å². The first-order valence-electron chi connectivity index (χ1n) is 9.30. The van der Waals surface area contributed by atoms with E-state index < -0.39 is 0 Å². The topological polar surface area (TPSA) is 37.4 Å². The van der Waals surface area contributed by atoms with Crippen LogP contribution in [-0.2, 0) is 11.3 Å². The Labute approximate surface area is 145 Å². The SMILES string of the molecule is CCOCCCNCc1cc2ccccc2nc1N1CCCCC1. The Morgan fingerprint density at radius 2 is 2.00 bits per heavy atom. The molecule has 0 radical (unpaired) electrons. The summed E-state index contributed by atoms with van der Waals surface area (Å²) >= 11 is 0. The van der Waals surface area contributed by atoms with Crippen molar-refractivity contribution in [3.63, 3.8) is 0 Å². The molecule has 0 amide bonds. The third-order valence-electron chi connectivity index (χ3n) is 4.60. The molecule has 0 aliphatic carbocycles. The second kappa shape index (κ2) is 9.00. The minimum absolute atomic E-state index is 0.799. The standard InChI is InChI=1S/C20H29N3O/c1-2-24-14-8-11-21-16-18-15-17-9-4-5-10-19(17)22-20(18)23-12-6-3-7-13-23/h4-5,9-10,15,21H,2-3,6-8,11-14,16H2,1H3. The highest BCUT2D eigenvalue weighted by atomic mass is 16.5. The lowest BCUT2D eigenvalue weighted by Gasteiger charge is -2.30. The van der Waals surface area contributed by atoms with Gasteiger partial charge in [-0.2, -0.15) is 0 Å². The smallest absolute Gasteiger partial charge is 0.133 e. The number of piperidine rings is 1. The Morgan fingerprint density at radius 3 is 2.83 bits per heavy atom. The van der Waals surface area contributed by atoms with Gasteiger partial charge in [0, 0.05) is 43.8 Å². The molecule has 4 nitrogen and oxygen atoms in total. The number of pyridine rings is 1. The summed E-state index contributed by atoms with van der Waals surface area (Å²) in [7, 11) is 0. The number of rotatable bonds is 8. The van der Waals surface area contributed by atoms with Crippen LogP contribution in [0.3, 0.4) is 0 Å². The average Bonchev–Trinajstić information content (AvgIpc) is 2.64. The van der Waals surface area contributed by atoms with Crippen LogP contribution in [0.25, 0.3) is 10.9 Å². The van der Waals surface area contributed by atoms with Crippen LogP contribution in [-0.4, -0.2) is 37.8 Å². The van der Waals surface area contributed by atoms with E-state index in [1.54, 1.807) is 0 Å². The quantitative estimate of drug-likeness (QED) is 0.750. The van der Waals surface area contributed by atoms with E-state index in [4.69, 9.17) is 9.72 Å². The van der Waals surface area contributed by atoms with Crippen molar-refractivity contribution in [2.75, 3.05) is 37.7 Å². The van der Waals surface area contributed by atoms with E-state index in [2.05, 4.69) is 40.5 Å². The molecule has 0 unspecified atom stereocenters. The van der Waals surface area contributed by atoms with Crippen molar-refractivity contribution >= 4 is 16.7 Å². The van der Waals surface area contributed by atoms with E-state index >= 15 is 0 Å². The minimum Gasteiger partial charge on any atom is -0.382 e. The van der Waals surface area contributed by atoms with Gasteiger partial charge in [0.05, 0.1) is 5.52 Å². The van der Waals surface area contributed by atoms with E-state index in [0.29, 0.717) is 0 Å². The Hall–Kier alpha value is -1.65. The summed E-state index contributed by atoms with van der Waals surface area (Å²) in [4.78, 5) is 7.45. The van der Waals surface area contributed by atoms with E-state index in [-0.39, 0.29) is 0 Å². The molecule has 0 atom stereocenters. The highest BCUT2D eigenvalue weighted by Crippen LogP contribution is 2.26. The van der Waals surface area contributed by atoms with E-state index in [0.717, 1.165) is 51.3 Å². The van der Waals surface area contributed by atoms with Gasteiger partial charge in [0.2, 0.25) is 0 Å². The highest BCUT2D eigenvalue weighted by Gasteiger charge is 2.16. The van der Waals surface area contributed by atoms with Crippen LogP contribution in [0.5, 0.6) is 0 Å². The first-order chi connectivity index (χ1) is 11.9. The lowest BCUT2D eigenvalue weighted by molar-refractivity contribution is 0.144. The summed E-state index contributed by atoms with van der Waals surface area (Å²) in [6.07, 6.45) is 4.94. The number of hydrogen-bond donors (Lipinski definition) is 1. The Bertz CT molecular complexity index is 638. The van der Waals surface area contributed by atoms with Crippen molar-refractivity contribution in [2.45, 2.75) is 39.2 Å². The molecule has 0 saturated carbocycles. The zero-order chi connectivity index (χ0) is 16.6. The monoisotopic (exact) mass is 327 g/mol. The van der Waals surface area contributed by atoms with Gasteiger partial charge in [-0.1, -0.05) is 18.2 Å². The summed E-state index contributed by atoms with van der Waals surface area (Å²) in [6, 6.07) is 10.7. The summed E-state index contributed by atoms with van der Waals surface area (Å²) in [6.45, 7) is 7.78. The van der Waals surface area contributed by atoms with Gasteiger partial charge < -0.3 is 15.0 Å². The largest absolute Gasteiger partial charge is 0.382 e. The molecule has 1 aromatic carbocycles. The lowest BCUT2D eigenvalue weighted by atomic mass is 10.1. The highest BCUT2D eigenvalue weighted by molar-refractivity contribution is 5.81. The molecule has 1 aliphatic heterocycles. The number of anilines is 1. The number of benzene rings is 1. The molecular formula is C20H29N3O. The van der Waals surface area contributed by atoms with Crippen molar-refractivity contribution in [1.29, 1.82) is 0 Å². The minimum atomic E-state index is 0.799. The number of nitrogens with one attached hydrogen (secondary N) is 1. The molecule has 24 heavy (non-hydrogen) atoms. The van der Waals surface area contributed by atoms with Gasteiger partial charge in [0.15, 0.2) is 0 Å². The maximum Gasteiger partial charge on any atom is 0.133 e. The number of nitrogens with zero attached hydrogens (tertiary/aromatic N) is 2. The average molecular weight is 327 g/mol. The maximum absolute atomic E-state index is 5.40. The second-order valence-corrected chi connectivity index (χ2v) is 6.44. The molecule has 130 valence electrons. The van der Waals surface area contributed by atoms with Crippen molar-refractivity contribution in [2.24, 2.45) is 0 Å². The summed E-state index contributed by atoms with van der Waals surface area (Å²) in [5, 5.41) is 4.78. The van der Waals surface area contributed by atoms with Crippen LogP contribution in [0.1, 0.15) is 38.2 Å². The van der Waals surface area contributed by atoms with Gasteiger partial charge in [-0.05, 0) is 51.3 Å². The van der Waals surface area contributed by atoms with E-state index in [1.807, 2.05) is 6.92 Å². The van der Waals surface area contributed by atoms with Crippen LogP contribution in [0.2, 0.25) is 0 Å². The van der Waals surface area contributed by atoms with Gasteiger partial charge >= 0.3 is 0 Å². The Morgan fingerprint density at radius 1 is 1.17 bits per heavy atom. The van der Waals surface area contributed by atoms with Crippen LogP contribution >= 0.6 is 0 Å². The molecule has 2 heterocycles. The van der Waals surface area contributed by atoms with Gasteiger partial charge in [-0.15, -0.1) is 0 Å². The molecular weight excluding hydrogens is 298 g/mol. The van der Waals surface area contributed by atoms with Gasteiger partial charge in [-0.3, -0.25) is 0 Å². The van der Waals surface area contributed by atoms with Crippen LogP contribution in [0.15, 0.2) is 30.3 Å². The van der Waals surface area contributed by atoms with Crippen molar-refractivity contribution < 1.29 is 4.74 Å². The molecule has 0 bridgehead atoms. The molecule has 3 rings (SSSR count). The predicted molar refractivity (Wildman–Crippen MR) is 101 cm³/mol. The number of hydrogen-bond acceptors (Lipinski definition) is 4. The predicted octanol–water partition coefficient (Wildman–Crippen LogP) is 3.74. The number of ether oxygens (including phenoxy) is 1. The fraction of sp³-hybridized carbons (Fsp3) is 0.550. The van der Waals surface area contributed by atoms with Crippen LogP contribution in [0, 0.1) is 0 Å². The number of fused-ring (bicyclic) bond motifs is 1. The third kappa shape index (κ3) is 4.46. The molecule has 1 aromatic heterocycles. The molecule has 1 aliphatic rings. The van der Waals surface area contributed by atoms with Gasteiger partial charge in [0.1, 0.15) is 5.82 Å². The first kappa shape index (κ1) is 17.2. The van der Waals surface area contributed by atoms with E-state index in [9.17, 15) is 0 Å². The molecule has 0 spiro atoms. The van der Waals surface area contributed by atoms with Gasteiger partial charge in [0.25, 0.3) is 0 Å². The first-order valence-corrected chi connectivity index (χ1v) is 9.30. The summed E-state index contributed by atoms with van der Waals surface area (Å²) in [5.41, 5.74) is 2.41. The van der Waals surface area contributed by atoms with Crippen molar-refractivity contribution in [3.05, 3.63) is 35.9 Å². The van der Waals surface area contributed by atoms with Crippen molar-refractivity contribution in [3.8, 4) is 0 Å². The molecule has 1 fully saturated rings. The fourth-order valence-corrected chi connectivity index (χ4v) is 3.33. The molecule has 2 aromatic rings. The number of para-hydroxylation sites is 1. The van der Waals surface area contributed by atoms with Crippen molar-refractivity contribution in [1.82, 2.24) is 10.3 Å².